The number of primary sulfonamides is 1. The number of ketones is 1. The Kier molecular flexibility index (Phi) is 6.92. The second-order valence-corrected chi connectivity index (χ2v) is 11.9. The summed E-state index contributed by atoms with van der Waals surface area (Å²) in [5, 5.41) is 5.66. The number of sulfonamides is 1. The van der Waals surface area contributed by atoms with Gasteiger partial charge < -0.3 is 4.90 Å². The Morgan fingerprint density at radius 3 is 2.25 bits per heavy atom. The van der Waals surface area contributed by atoms with Crippen LogP contribution < -0.4 is 10.0 Å². The van der Waals surface area contributed by atoms with Gasteiger partial charge in [-0.1, -0.05) is 80.9 Å². The lowest BCUT2D eigenvalue weighted by atomic mass is 9.78. The predicted molar refractivity (Wildman–Crippen MR) is 144 cm³/mol. The normalized spacial score (nSPS) is 15.1. The molecule has 1 heterocycles. The third-order valence-corrected chi connectivity index (χ3v) is 6.89. The van der Waals surface area contributed by atoms with Gasteiger partial charge in [0.05, 0.1) is 17.8 Å². The smallest absolute Gasteiger partial charge is 0.259 e. The summed E-state index contributed by atoms with van der Waals surface area (Å²) >= 11 is 6.13. The van der Waals surface area contributed by atoms with Crippen molar-refractivity contribution in [1.29, 1.82) is 0 Å². The van der Waals surface area contributed by atoms with Crippen LogP contribution in [0.5, 0.6) is 0 Å². The fourth-order valence-electron chi connectivity index (χ4n) is 4.54. The molecule has 8 heteroatoms. The van der Waals surface area contributed by atoms with Crippen LogP contribution in [0.2, 0.25) is 5.02 Å². The highest BCUT2D eigenvalue weighted by Crippen LogP contribution is 2.47. The van der Waals surface area contributed by atoms with Gasteiger partial charge in [-0.25, -0.2) is 13.6 Å². The number of nitrogens with two attached hydrogens (primary N) is 1. The molecule has 0 bridgehead atoms. The van der Waals surface area contributed by atoms with Crippen molar-refractivity contribution in [2.75, 3.05) is 10.7 Å². The molecule has 0 aliphatic carbocycles. The Bertz CT molecular complexity index is 1490. The number of hydrogen-bond acceptors (Lipinski definition) is 4. The first-order chi connectivity index (χ1) is 16.8. The number of halogens is 1. The number of fused-ring (bicyclic) bond motifs is 1. The standard InChI is InChI=1S/C28H27ClN2O4S/c1-28(2,3)26(19-11-13-21(29)14-12-19)25-22-9-4-5-10-23(22)31(27(25)33)16-18-7-6-8-20(15-18)24(32)17-36(30,34)35/h4-15H,16-17H2,1-3H3,(H2,30,34,35). The van der Waals surface area contributed by atoms with E-state index in [1.165, 1.54) is 0 Å². The number of para-hydroxylation sites is 1. The van der Waals surface area contributed by atoms with Crippen LogP contribution in [0.4, 0.5) is 5.69 Å². The summed E-state index contributed by atoms with van der Waals surface area (Å²) < 4.78 is 22.7. The van der Waals surface area contributed by atoms with Crippen LogP contribution in [-0.4, -0.2) is 25.9 Å². The lowest BCUT2D eigenvalue weighted by Gasteiger charge is -2.26. The topological polar surface area (TPSA) is 97.5 Å². The minimum Gasteiger partial charge on any atom is -0.303 e. The van der Waals surface area contributed by atoms with E-state index < -0.39 is 21.6 Å². The summed E-state index contributed by atoms with van der Waals surface area (Å²) in [6.45, 7) is 6.43. The van der Waals surface area contributed by atoms with Gasteiger partial charge in [0, 0.05) is 16.1 Å². The van der Waals surface area contributed by atoms with E-state index in [4.69, 9.17) is 16.7 Å². The lowest BCUT2D eigenvalue weighted by Crippen LogP contribution is -2.27. The van der Waals surface area contributed by atoms with Crippen LogP contribution in [0.25, 0.3) is 11.1 Å². The van der Waals surface area contributed by atoms with Gasteiger partial charge in [0.25, 0.3) is 5.91 Å². The molecule has 3 aromatic rings. The van der Waals surface area contributed by atoms with Crippen LogP contribution in [0.3, 0.4) is 0 Å². The highest BCUT2D eigenvalue weighted by molar-refractivity contribution is 7.89. The molecule has 0 unspecified atom stereocenters. The zero-order chi connectivity index (χ0) is 26.3. The summed E-state index contributed by atoms with van der Waals surface area (Å²) in [5.74, 6) is -1.51. The molecule has 0 atom stereocenters. The van der Waals surface area contributed by atoms with E-state index >= 15 is 0 Å². The summed E-state index contributed by atoms with van der Waals surface area (Å²) in [4.78, 5) is 28.1. The average Bonchev–Trinajstić information content (AvgIpc) is 3.05. The summed E-state index contributed by atoms with van der Waals surface area (Å²) in [6, 6.07) is 21.7. The van der Waals surface area contributed by atoms with Crippen molar-refractivity contribution in [3.63, 3.8) is 0 Å². The molecule has 0 saturated heterocycles. The van der Waals surface area contributed by atoms with Crippen molar-refractivity contribution in [2.45, 2.75) is 27.3 Å². The molecule has 2 N–H and O–H groups in total. The molecule has 0 saturated carbocycles. The number of hydrogen-bond donors (Lipinski definition) is 1. The van der Waals surface area contributed by atoms with Gasteiger partial charge >= 0.3 is 0 Å². The van der Waals surface area contributed by atoms with Gasteiger partial charge in [-0.05, 0) is 46.4 Å². The first-order valence-corrected chi connectivity index (χ1v) is 13.5. The zero-order valence-electron chi connectivity index (χ0n) is 20.3. The molecular weight excluding hydrogens is 496 g/mol. The number of carbonyl (C=O) groups is 2. The van der Waals surface area contributed by atoms with Gasteiger partial charge in [-0.3, -0.25) is 9.59 Å². The van der Waals surface area contributed by atoms with E-state index in [-0.39, 0.29) is 23.4 Å². The molecule has 0 fully saturated rings. The Morgan fingerprint density at radius 1 is 0.944 bits per heavy atom. The Labute approximate surface area is 216 Å². The molecule has 1 aliphatic heterocycles. The van der Waals surface area contributed by atoms with Gasteiger partial charge in [-0.2, -0.15) is 0 Å². The number of amides is 1. The predicted octanol–water partition coefficient (Wildman–Crippen LogP) is 5.31. The Morgan fingerprint density at radius 2 is 1.61 bits per heavy atom. The second kappa shape index (κ2) is 9.65. The number of nitrogens with zero attached hydrogens (tertiary/aromatic N) is 1. The van der Waals surface area contributed by atoms with E-state index in [9.17, 15) is 18.0 Å². The quantitative estimate of drug-likeness (QED) is 0.350. The molecule has 0 spiro atoms. The molecule has 1 amide bonds. The maximum absolute atomic E-state index is 14.0. The Balaban J connectivity index is 1.79. The number of rotatable bonds is 6. The van der Waals surface area contributed by atoms with Crippen LogP contribution in [0.15, 0.2) is 72.8 Å². The zero-order valence-corrected chi connectivity index (χ0v) is 21.9. The van der Waals surface area contributed by atoms with Crippen molar-refractivity contribution in [2.24, 2.45) is 10.6 Å². The van der Waals surface area contributed by atoms with E-state index in [1.54, 1.807) is 29.2 Å². The third-order valence-electron chi connectivity index (χ3n) is 5.98. The number of benzene rings is 3. The Hall–Kier alpha value is -3.26. The molecule has 1 aliphatic rings. The maximum atomic E-state index is 14.0. The summed E-state index contributed by atoms with van der Waals surface area (Å²) in [6.07, 6.45) is 0. The molecule has 4 rings (SSSR count). The molecule has 6 nitrogen and oxygen atoms in total. The highest BCUT2D eigenvalue weighted by Gasteiger charge is 2.37. The van der Waals surface area contributed by atoms with E-state index in [2.05, 4.69) is 20.8 Å². The summed E-state index contributed by atoms with van der Waals surface area (Å²) in [5.41, 5.74) is 4.65. The second-order valence-electron chi connectivity index (χ2n) is 9.85. The summed E-state index contributed by atoms with van der Waals surface area (Å²) in [7, 11) is -3.94. The van der Waals surface area contributed by atoms with Crippen molar-refractivity contribution in [3.05, 3.63) is 100 Å². The van der Waals surface area contributed by atoms with Crippen LogP contribution in [0.1, 0.15) is 47.8 Å². The molecule has 36 heavy (non-hydrogen) atoms. The number of allylic oxidation sites excluding steroid dienone is 1. The van der Waals surface area contributed by atoms with Crippen LogP contribution in [0, 0.1) is 5.41 Å². The van der Waals surface area contributed by atoms with Gasteiger partial charge in [0.15, 0.2) is 5.78 Å². The van der Waals surface area contributed by atoms with Crippen molar-refractivity contribution in [3.8, 4) is 0 Å². The first-order valence-electron chi connectivity index (χ1n) is 11.4. The van der Waals surface area contributed by atoms with Gasteiger partial charge in [0.2, 0.25) is 10.0 Å². The molecular formula is C28H27ClN2O4S. The van der Waals surface area contributed by atoms with Gasteiger partial charge in [-0.15, -0.1) is 0 Å². The minimum absolute atomic E-state index is 0.141. The fourth-order valence-corrected chi connectivity index (χ4v) is 5.20. The van der Waals surface area contributed by atoms with Gasteiger partial charge in [0.1, 0.15) is 5.75 Å². The molecule has 186 valence electrons. The number of Topliss-reactive ketones (excluding diaryl/α,β-unsaturated/α-hetero) is 1. The third kappa shape index (κ3) is 5.43. The van der Waals surface area contributed by atoms with E-state index in [0.717, 1.165) is 22.4 Å². The average molecular weight is 523 g/mol. The van der Waals surface area contributed by atoms with Crippen LogP contribution in [-0.2, 0) is 21.4 Å². The molecule has 3 aromatic carbocycles. The largest absolute Gasteiger partial charge is 0.303 e. The molecule has 0 radical (unpaired) electrons. The lowest BCUT2D eigenvalue weighted by molar-refractivity contribution is -0.113. The molecule has 0 aromatic heterocycles. The number of anilines is 1. The monoisotopic (exact) mass is 522 g/mol. The minimum atomic E-state index is -3.94. The maximum Gasteiger partial charge on any atom is 0.259 e. The van der Waals surface area contributed by atoms with Crippen LogP contribution >= 0.6 is 11.6 Å². The first kappa shape index (κ1) is 25.8. The highest BCUT2D eigenvalue weighted by atomic mass is 35.5. The SMILES string of the molecule is CC(C)(C)C(=C1C(=O)N(Cc2cccc(C(=O)CS(N)(=O)=O)c2)c2ccccc21)c1ccc(Cl)cc1. The van der Waals surface area contributed by atoms with E-state index in [0.29, 0.717) is 16.2 Å². The van der Waals surface area contributed by atoms with Crippen molar-refractivity contribution in [1.82, 2.24) is 0 Å². The fraction of sp³-hybridized carbons (Fsp3) is 0.214. The van der Waals surface area contributed by atoms with E-state index in [1.807, 2.05) is 48.5 Å². The van der Waals surface area contributed by atoms with Crippen molar-refractivity contribution >= 4 is 50.1 Å². The number of carbonyl (C=O) groups excluding carboxylic acids is 2. The van der Waals surface area contributed by atoms with Crippen molar-refractivity contribution < 1.29 is 18.0 Å².